The van der Waals surface area contributed by atoms with E-state index < -0.39 is 11.6 Å². The van der Waals surface area contributed by atoms with Crippen LogP contribution in [-0.4, -0.2) is 34.3 Å². The first-order valence-electron chi connectivity index (χ1n) is 12.6. The summed E-state index contributed by atoms with van der Waals surface area (Å²) in [4.78, 5) is 19.7. The molecule has 1 aliphatic carbocycles. The molecule has 188 valence electrons. The number of fused-ring (bicyclic) bond motifs is 1. The van der Waals surface area contributed by atoms with Crippen molar-refractivity contribution in [2.24, 2.45) is 4.99 Å². The van der Waals surface area contributed by atoms with Crippen LogP contribution in [0.4, 0.5) is 14.5 Å². The molecule has 1 atom stereocenters. The Balaban J connectivity index is 1.35. The number of aliphatic imine (C=N–C) groups is 1. The molecule has 1 N–H and O–H groups in total. The fraction of sp³-hybridized carbons (Fsp3) is 0.393. The van der Waals surface area contributed by atoms with Crippen LogP contribution in [0.5, 0.6) is 0 Å². The number of carbonyl (C=O) groups is 1. The van der Waals surface area contributed by atoms with Gasteiger partial charge in [-0.25, -0.2) is 13.3 Å². The number of nitrogens with zero attached hydrogens (tertiary/aromatic N) is 4. The number of halogens is 2. The minimum absolute atomic E-state index is 0.108. The predicted octanol–water partition coefficient (Wildman–Crippen LogP) is 5.99. The van der Waals surface area contributed by atoms with E-state index in [9.17, 15) is 13.6 Å². The van der Waals surface area contributed by atoms with Crippen LogP contribution in [0.2, 0.25) is 0 Å². The summed E-state index contributed by atoms with van der Waals surface area (Å²) in [6, 6.07) is 7.30. The number of hydrogen-bond acceptors (Lipinski definition) is 4. The first-order valence-corrected chi connectivity index (χ1v) is 12.6. The standard InChI is InChI=1S/C28H31F2N5O/c1-3-31-18(2)19-6-9-21(10-7-19)33-28(36)24-17-32-35-14-12-22(16-27(24)35)34-13-4-5-26(34)23-15-20(29)8-11-25(23)30/h3,8,11-12,14-17,21,26H,4-7,9-10,13H2,1-2H3,(H,33,36). The summed E-state index contributed by atoms with van der Waals surface area (Å²) in [5.74, 6) is -0.986. The van der Waals surface area contributed by atoms with Gasteiger partial charge in [-0.2, -0.15) is 5.10 Å². The van der Waals surface area contributed by atoms with Crippen molar-refractivity contribution in [2.45, 2.75) is 64.5 Å². The Morgan fingerprint density at radius 2 is 1.97 bits per heavy atom. The van der Waals surface area contributed by atoms with E-state index in [-0.39, 0.29) is 18.0 Å². The van der Waals surface area contributed by atoms with Crippen molar-refractivity contribution >= 4 is 23.3 Å². The molecule has 2 aliphatic rings. The molecule has 1 aliphatic heterocycles. The van der Waals surface area contributed by atoms with Gasteiger partial charge in [-0.1, -0.05) is 0 Å². The summed E-state index contributed by atoms with van der Waals surface area (Å²) in [5.41, 5.74) is 4.87. The minimum atomic E-state index is -0.443. The smallest absolute Gasteiger partial charge is 0.255 e. The Labute approximate surface area is 209 Å². The Morgan fingerprint density at radius 3 is 2.75 bits per heavy atom. The highest BCUT2D eigenvalue weighted by Crippen LogP contribution is 2.38. The van der Waals surface area contributed by atoms with Crippen LogP contribution in [0.15, 0.2) is 59.0 Å². The molecular weight excluding hydrogens is 460 g/mol. The summed E-state index contributed by atoms with van der Waals surface area (Å²) in [5, 5.41) is 7.55. The second-order valence-electron chi connectivity index (χ2n) is 9.61. The average molecular weight is 492 g/mol. The first-order chi connectivity index (χ1) is 17.4. The zero-order chi connectivity index (χ0) is 25.2. The van der Waals surface area contributed by atoms with E-state index in [4.69, 9.17) is 0 Å². The number of nitrogens with one attached hydrogen (secondary N) is 1. The average Bonchev–Trinajstić information content (AvgIpc) is 3.53. The fourth-order valence-corrected chi connectivity index (χ4v) is 5.51. The van der Waals surface area contributed by atoms with Crippen molar-refractivity contribution in [1.82, 2.24) is 14.9 Å². The first kappa shape index (κ1) is 24.2. The van der Waals surface area contributed by atoms with E-state index in [1.54, 1.807) is 10.7 Å². The van der Waals surface area contributed by atoms with Crippen LogP contribution in [0, 0.1) is 11.6 Å². The molecular formula is C28H31F2N5O. The summed E-state index contributed by atoms with van der Waals surface area (Å²) in [7, 11) is 0. The van der Waals surface area contributed by atoms with Crippen molar-refractivity contribution in [2.75, 3.05) is 11.4 Å². The lowest BCUT2D eigenvalue weighted by Gasteiger charge is -2.28. The largest absolute Gasteiger partial charge is 0.364 e. The molecule has 2 fully saturated rings. The molecule has 0 bridgehead atoms. The topological polar surface area (TPSA) is 62.0 Å². The molecule has 1 saturated carbocycles. The van der Waals surface area contributed by atoms with Crippen molar-refractivity contribution in [1.29, 1.82) is 0 Å². The number of anilines is 1. The van der Waals surface area contributed by atoms with E-state index >= 15 is 0 Å². The lowest BCUT2D eigenvalue weighted by atomic mass is 9.89. The van der Waals surface area contributed by atoms with Crippen LogP contribution >= 0.6 is 0 Å². The number of hydrogen-bond donors (Lipinski definition) is 1. The molecule has 3 heterocycles. The molecule has 1 aromatic carbocycles. The van der Waals surface area contributed by atoms with Gasteiger partial charge in [0.25, 0.3) is 5.91 Å². The molecule has 1 unspecified atom stereocenters. The molecule has 1 amide bonds. The number of amides is 1. The highest BCUT2D eigenvalue weighted by molar-refractivity contribution is 6.01. The summed E-state index contributed by atoms with van der Waals surface area (Å²) in [6.45, 7) is 4.69. The number of benzene rings is 1. The van der Waals surface area contributed by atoms with Gasteiger partial charge < -0.3 is 10.2 Å². The van der Waals surface area contributed by atoms with Crippen LogP contribution in [0.3, 0.4) is 0 Å². The number of pyridine rings is 1. The third-order valence-corrected chi connectivity index (χ3v) is 7.41. The van der Waals surface area contributed by atoms with Gasteiger partial charge in [-0.05, 0) is 88.3 Å². The van der Waals surface area contributed by atoms with Gasteiger partial charge in [0.2, 0.25) is 0 Å². The normalized spacial score (nSPS) is 20.4. The van der Waals surface area contributed by atoms with Crippen molar-refractivity contribution in [3.05, 3.63) is 76.8 Å². The van der Waals surface area contributed by atoms with Gasteiger partial charge in [-0.15, -0.1) is 0 Å². The molecule has 1 saturated heterocycles. The number of allylic oxidation sites excluding steroid dienone is 2. The summed E-state index contributed by atoms with van der Waals surface area (Å²) < 4.78 is 30.1. The van der Waals surface area contributed by atoms with E-state index in [2.05, 4.69) is 20.3 Å². The van der Waals surface area contributed by atoms with Crippen LogP contribution in [-0.2, 0) is 0 Å². The molecule has 5 rings (SSSR count). The van der Waals surface area contributed by atoms with Crippen molar-refractivity contribution < 1.29 is 13.6 Å². The van der Waals surface area contributed by atoms with Crippen LogP contribution in [0.25, 0.3) is 5.52 Å². The monoisotopic (exact) mass is 491 g/mol. The second-order valence-corrected chi connectivity index (χ2v) is 9.61. The maximum absolute atomic E-state index is 14.5. The number of aromatic nitrogens is 2. The lowest BCUT2D eigenvalue weighted by Crippen LogP contribution is -2.36. The maximum atomic E-state index is 14.5. The molecule has 0 radical (unpaired) electrons. The quantitative estimate of drug-likeness (QED) is 0.446. The molecule has 2 aromatic heterocycles. The Kier molecular flexibility index (Phi) is 6.85. The van der Waals surface area contributed by atoms with E-state index in [1.165, 1.54) is 17.7 Å². The maximum Gasteiger partial charge on any atom is 0.255 e. The minimum Gasteiger partial charge on any atom is -0.364 e. The highest BCUT2D eigenvalue weighted by Gasteiger charge is 2.29. The molecule has 6 nitrogen and oxygen atoms in total. The highest BCUT2D eigenvalue weighted by atomic mass is 19.1. The number of rotatable bonds is 5. The SMILES string of the molecule is CC=NC(C)=C1CCC(NC(=O)c2cnn3ccc(N4CCCC4c4cc(F)ccc4F)cc23)CC1. The van der Waals surface area contributed by atoms with Crippen molar-refractivity contribution in [3.8, 4) is 0 Å². The zero-order valence-corrected chi connectivity index (χ0v) is 20.7. The molecule has 36 heavy (non-hydrogen) atoms. The summed E-state index contributed by atoms with van der Waals surface area (Å²) >= 11 is 0. The van der Waals surface area contributed by atoms with Gasteiger partial charge in [-0.3, -0.25) is 9.79 Å². The fourth-order valence-electron chi connectivity index (χ4n) is 5.51. The van der Waals surface area contributed by atoms with Gasteiger partial charge in [0, 0.05) is 41.9 Å². The van der Waals surface area contributed by atoms with Gasteiger partial charge >= 0.3 is 0 Å². The Hall–Kier alpha value is -3.55. The van der Waals surface area contributed by atoms with E-state index in [0.29, 0.717) is 16.6 Å². The van der Waals surface area contributed by atoms with Crippen LogP contribution < -0.4 is 10.2 Å². The van der Waals surface area contributed by atoms with Crippen LogP contribution in [0.1, 0.15) is 74.3 Å². The van der Waals surface area contributed by atoms with Gasteiger partial charge in [0.15, 0.2) is 0 Å². The second kappa shape index (κ2) is 10.2. The zero-order valence-electron chi connectivity index (χ0n) is 20.7. The Morgan fingerprint density at radius 1 is 1.17 bits per heavy atom. The van der Waals surface area contributed by atoms with Gasteiger partial charge in [0.1, 0.15) is 11.6 Å². The predicted molar refractivity (Wildman–Crippen MR) is 137 cm³/mol. The molecule has 3 aromatic rings. The van der Waals surface area contributed by atoms with Gasteiger partial charge in [0.05, 0.1) is 23.3 Å². The van der Waals surface area contributed by atoms with E-state index in [0.717, 1.165) is 62.5 Å². The summed E-state index contributed by atoms with van der Waals surface area (Å²) in [6.07, 6.45) is 10.5. The van der Waals surface area contributed by atoms with E-state index in [1.807, 2.05) is 38.4 Å². The molecule has 0 spiro atoms. The third-order valence-electron chi connectivity index (χ3n) is 7.41. The number of carbonyl (C=O) groups excluding carboxylic acids is 1. The van der Waals surface area contributed by atoms with Crippen molar-refractivity contribution in [3.63, 3.8) is 0 Å². The Bertz CT molecular complexity index is 1330. The third kappa shape index (κ3) is 4.76. The molecule has 8 heteroatoms. The lowest BCUT2D eigenvalue weighted by molar-refractivity contribution is 0.0932.